The van der Waals surface area contributed by atoms with Gasteiger partial charge in [0.2, 0.25) is 5.91 Å². The Morgan fingerprint density at radius 2 is 1.63 bits per heavy atom. The Labute approximate surface area is 116 Å². The molecule has 0 bridgehead atoms. The molecule has 2 rings (SSSR count). The molecule has 0 spiro atoms. The summed E-state index contributed by atoms with van der Waals surface area (Å²) >= 11 is 0. The summed E-state index contributed by atoms with van der Waals surface area (Å²) in [6.45, 7) is 1.49. The summed E-state index contributed by atoms with van der Waals surface area (Å²) in [5, 5.41) is 0. The number of likely N-dealkylation sites (tertiary alicyclic amines) is 1. The predicted octanol–water partition coefficient (Wildman–Crippen LogP) is 1.85. The molecular formula is C14H25NO3S. The largest absolute Gasteiger partial charge is 0.342 e. The van der Waals surface area contributed by atoms with Crippen LogP contribution in [0.1, 0.15) is 44.9 Å². The van der Waals surface area contributed by atoms with Crippen LogP contribution in [-0.2, 0) is 14.6 Å². The van der Waals surface area contributed by atoms with E-state index in [1.165, 1.54) is 25.5 Å². The first-order chi connectivity index (χ1) is 8.96. The molecule has 2 fully saturated rings. The van der Waals surface area contributed by atoms with E-state index < -0.39 is 9.84 Å². The minimum atomic E-state index is -2.89. The van der Waals surface area contributed by atoms with E-state index in [9.17, 15) is 13.2 Å². The zero-order chi connectivity index (χ0) is 13.9. The summed E-state index contributed by atoms with van der Waals surface area (Å²) in [5.74, 6) is 1.07. The molecule has 0 radical (unpaired) electrons. The van der Waals surface area contributed by atoms with Crippen LogP contribution in [0.15, 0.2) is 0 Å². The van der Waals surface area contributed by atoms with Crippen molar-refractivity contribution < 1.29 is 13.2 Å². The maximum atomic E-state index is 12.4. The maximum absolute atomic E-state index is 12.4. The van der Waals surface area contributed by atoms with Crippen molar-refractivity contribution in [1.29, 1.82) is 0 Å². The Morgan fingerprint density at radius 1 is 1.05 bits per heavy atom. The molecular weight excluding hydrogens is 262 g/mol. The van der Waals surface area contributed by atoms with E-state index in [4.69, 9.17) is 0 Å². The Hall–Kier alpha value is -0.580. The highest BCUT2D eigenvalue weighted by Crippen LogP contribution is 2.27. The molecule has 19 heavy (non-hydrogen) atoms. The second-order valence-corrected chi connectivity index (χ2v) is 8.38. The summed E-state index contributed by atoms with van der Waals surface area (Å²) in [6.07, 6.45) is 8.69. The van der Waals surface area contributed by atoms with Gasteiger partial charge in [-0.15, -0.1) is 0 Å². The molecule has 0 N–H and O–H groups in total. The molecule has 0 aromatic carbocycles. The van der Waals surface area contributed by atoms with Gasteiger partial charge < -0.3 is 4.90 Å². The van der Waals surface area contributed by atoms with Gasteiger partial charge in [0.1, 0.15) is 9.84 Å². The second kappa shape index (κ2) is 6.25. The smallest absolute Gasteiger partial charge is 0.225 e. The van der Waals surface area contributed by atoms with E-state index in [1.807, 2.05) is 4.90 Å². The molecule has 1 aliphatic heterocycles. The molecule has 4 nitrogen and oxygen atoms in total. The van der Waals surface area contributed by atoms with Crippen LogP contribution in [0.5, 0.6) is 0 Å². The van der Waals surface area contributed by atoms with Crippen molar-refractivity contribution in [1.82, 2.24) is 4.90 Å². The fourth-order valence-corrected chi connectivity index (χ4v) is 4.55. The molecule has 1 saturated heterocycles. The van der Waals surface area contributed by atoms with Gasteiger partial charge in [-0.25, -0.2) is 8.42 Å². The topological polar surface area (TPSA) is 54.5 Å². The van der Waals surface area contributed by atoms with Crippen molar-refractivity contribution in [2.75, 3.05) is 25.1 Å². The van der Waals surface area contributed by atoms with E-state index in [0.717, 1.165) is 38.8 Å². The van der Waals surface area contributed by atoms with Crippen molar-refractivity contribution >= 4 is 15.7 Å². The Balaban J connectivity index is 1.80. The third kappa shape index (κ3) is 4.48. The van der Waals surface area contributed by atoms with Crippen molar-refractivity contribution in [3.05, 3.63) is 0 Å². The number of piperidine rings is 1. The average molecular weight is 287 g/mol. The second-order valence-electron chi connectivity index (χ2n) is 6.20. The van der Waals surface area contributed by atoms with E-state index in [1.54, 1.807) is 0 Å². The number of sulfone groups is 1. The lowest BCUT2D eigenvalue weighted by Crippen LogP contribution is -2.43. The van der Waals surface area contributed by atoms with Gasteiger partial charge in [-0.05, 0) is 31.6 Å². The maximum Gasteiger partial charge on any atom is 0.225 e. The van der Waals surface area contributed by atoms with Gasteiger partial charge in [0.05, 0.1) is 5.75 Å². The molecule has 0 unspecified atom stereocenters. The lowest BCUT2D eigenvalue weighted by atomic mass is 9.87. The highest BCUT2D eigenvalue weighted by Gasteiger charge is 2.29. The summed E-state index contributed by atoms with van der Waals surface area (Å²) in [6, 6.07) is 0. The standard InChI is InChI=1S/C14H25NO3S/c1-19(17,18)11-12-7-9-15(10-8-12)14(16)13-5-3-2-4-6-13/h12-13H,2-11H2,1H3. The summed E-state index contributed by atoms with van der Waals surface area (Å²) in [5.41, 5.74) is 0. The van der Waals surface area contributed by atoms with Crippen LogP contribution in [0.2, 0.25) is 0 Å². The van der Waals surface area contributed by atoms with Gasteiger partial charge in [0.25, 0.3) is 0 Å². The lowest BCUT2D eigenvalue weighted by molar-refractivity contribution is -0.137. The number of hydrogen-bond donors (Lipinski definition) is 0. The van der Waals surface area contributed by atoms with E-state index in [0.29, 0.717) is 5.91 Å². The van der Waals surface area contributed by atoms with Crippen LogP contribution >= 0.6 is 0 Å². The van der Waals surface area contributed by atoms with Crippen LogP contribution in [0.3, 0.4) is 0 Å². The highest BCUT2D eigenvalue weighted by atomic mass is 32.2. The van der Waals surface area contributed by atoms with Gasteiger partial charge >= 0.3 is 0 Å². The Kier molecular flexibility index (Phi) is 4.87. The minimum absolute atomic E-state index is 0.236. The molecule has 110 valence electrons. The zero-order valence-electron chi connectivity index (χ0n) is 11.8. The SMILES string of the molecule is CS(=O)(=O)CC1CCN(C(=O)C2CCCCC2)CC1. The zero-order valence-corrected chi connectivity index (χ0v) is 12.6. The monoisotopic (exact) mass is 287 g/mol. The molecule has 2 aliphatic rings. The first-order valence-electron chi connectivity index (χ1n) is 7.42. The summed E-state index contributed by atoms with van der Waals surface area (Å²) < 4.78 is 22.6. The first-order valence-corrected chi connectivity index (χ1v) is 9.48. The van der Waals surface area contributed by atoms with Crippen LogP contribution in [-0.4, -0.2) is 44.3 Å². The third-order valence-electron chi connectivity index (χ3n) is 4.42. The van der Waals surface area contributed by atoms with Gasteiger partial charge in [0, 0.05) is 25.3 Å². The molecule has 1 saturated carbocycles. The van der Waals surface area contributed by atoms with Crippen molar-refractivity contribution in [2.45, 2.75) is 44.9 Å². The van der Waals surface area contributed by atoms with Crippen molar-refractivity contribution in [2.24, 2.45) is 11.8 Å². The Morgan fingerprint density at radius 3 is 2.16 bits per heavy atom. The van der Waals surface area contributed by atoms with Crippen molar-refractivity contribution in [3.63, 3.8) is 0 Å². The van der Waals surface area contributed by atoms with Crippen LogP contribution < -0.4 is 0 Å². The molecule has 5 heteroatoms. The van der Waals surface area contributed by atoms with Gasteiger partial charge in [-0.3, -0.25) is 4.79 Å². The quantitative estimate of drug-likeness (QED) is 0.796. The van der Waals surface area contributed by atoms with Crippen molar-refractivity contribution in [3.8, 4) is 0 Å². The van der Waals surface area contributed by atoms with Crippen LogP contribution in [0.25, 0.3) is 0 Å². The molecule has 0 aromatic rings. The van der Waals surface area contributed by atoms with Crippen LogP contribution in [0, 0.1) is 11.8 Å². The normalized spacial score (nSPS) is 23.5. The molecule has 1 amide bonds. The molecule has 0 aromatic heterocycles. The van der Waals surface area contributed by atoms with Gasteiger partial charge in [-0.1, -0.05) is 19.3 Å². The highest BCUT2D eigenvalue weighted by molar-refractivity contribution is 7.90. The lowest BCUT2D eigenvalue weighted by Gasteiger charge is -2.35. The number of carbonyl (C=O) groups excluding carboxylic acids is 1. The number of amides is 1. The molecule has 1 heterocycles. The van der Waals surface area contributed by atoms with E-state index in [2.05, 4.69) is 0 Å². The third-order valence-corrected chi connectivity index (χ3v) is 5.50. The number of rotatable bonds is 3. The van der Waals surface area contributed by atoms with Gasteiger partial charge in [0.15, 0.2) is 0 Å². The average Bonchev–Trinajstić information content (AvgIpc) is 2.38. The fourth-order valence-electron chi connectivity index (χ4n) is 3.36. The number of carbonyl (C=O) groups is 1. The number of nitrogens with zero attached hydrogens (tertiary/aromatic N) is 1. The first kappa shape index (κ1) is 14.8. The van der Waals surface area contributed by atoms with Gasteiger partial charge in [-0.2, -0.15) is 0 Å². The predicted molar refractivity (Wildman–Crippen MR) is 75.6 cm³/mol. The van der Waals surface area contributed by atoms with Crippen LogP contribution in [0.4, 0.5) is 0 Å². The Bertz CT molecular complexity index is 404. The molecule has 0 atom stereocenters. The number of hydrogen-bond acceptors (Lipinski definition) is 3. The van der Waals surface area contributed by atoms with E-state index >= 15 is 0 Å². The minimum Gasteiger partial charge on any atom is -0.342 e. The summed E-state index contributed by atoms with van der Waals surface area (Å²) in [4.78, 5) is 14.3. The summed E-state index contributed by atoms with van der Waals surface area (Å²) in [7, 11) is -2.89. The molecule has 1 aliphatic carbocycles. The fraction of sp³-hybridized carbons (Fsp3) is 0.929. The van der Waals surface area contributed by atoms with E-state index in [-0.39, 0.29) is 17.6 Å².